The SMILES string of the molecule is Cc1noc2nc(C3CCN(C(=O)C[C@H](C)n4cncn4)CC3)cc(C(F)(F)F)c12. The Morgan fingerprint density at radius 3 is 2.70 bits per heavy atom. The van der Waals surface area contributed by atoms with Crippen LogP contribution in [-0.4, -0.2) is 48.8 Å². The minimum atomic E-state index is -4.53. The molecule has 1 aliphatic heterocycles. The molecule has 11 heteroatoms. The molecule has 8 nitrogen and oxygen atoms in total. The summed E-state index contributed by atoms with van der Waals surface area (Å²) in [5.41, 5.74) is -0.383. The van der Waals surface area contributed by atoms with Crippen LogP contribution in [0.4, 0.5) is 13.2 Å². The number of pyridine rings is 1. The largest absolute Gasteiger partial charge is 0.417 e. The molecule has 0 bridgehead atoms. The van der Waals surface area contributed by atoms with Gasteiger partial charge in [-0.2, -0.15) is 18.3 Å². The highest BCUT2D eigenvalue weighted by Crippen LogP contribution is 2.38. The van der Waals surface area contributed by atoms with Gasteiger partial charge in [-0.25, -0.2) is 14.6 Å². The van der Waals surface area contributed by atoms with E-state index in [1.165, 1.54) is 13.3 Å². The number of halogens is 3. The Balaban J connectivity index is 1.46. The molecule has 1 fully saturated rings. The van der Waals surface area contributed by atoms with E-state index in [-0.39, 0.29) is 41.1 Å². The van der Waals surface area contributed by atoms with Gasteiger partial charge in [-0.05, 0) is 32.8 Å². The predicted molar refractivity (Wildman–Crippen MR) is 99.4 cm³/mol. The van der Waals surface area contributed by atoms with E-state index in [9.17, 15) is 18.0 Å². The van der Waals surface area contributed by atoms with Gasteiger partial charge in [-0.3, -0.25) is 4.79 Å². The lowest BCUT2D eigenvalue weighted by Gasteiger charge is -2.32. The highest BCUT2D eigenvalue weighted by molar-refractivity contribution is 5.81. The second-order valence-electron chi connectivity index (χ2n) is 7.62. The van der Waals surface area contributed by atoms with Crippen LogP contribution in [0.3, 0.4) is 0 Å². The van der Waals surface area contributed by atoms with Gasteiger partial charge in [0.15, 0.2) is 0 Å². The zero-order valence-corrected chi connectivity index (χ0v) is 16.6. The summed E-state index contributed by atoms with van der Waals surface area (Å²) in [6.07, 6.45) is -0.191. The van der Waals surface area contributed by atoms with E-state index < -0.39 is 11.7 Å². The number of hydrogen-bond acceptors (Lipinski definition) is 6. The van der Waals surface area contributed by atoms with E-state index in [0.717, 1.165) is 6.07 Å². The molecule has 0 aromatic carbocycles. The zero-order chi connectivity index (χ0) is 21.5. The molecule has 4 heterocycles. The Morgan fingerprint density at radius 2 is 2.07 bits per heavy atom. The molecule has 1 atom stereocenters. The van der Waals surface area contributed by atoms with Crippen LogP contribution in [-0.2, 0) is 11.0 Å². The van der Waals surface area contributed by atoms with Crippen LogP contribution in [0.15, 0.2) is 23.2 Å². The summed E-state index contributed by atoms with van der Waals surface area (Å²) in [4.78, 5) is 22.5. The van der Waals surface area contributed by atoms with Crippen molar-refractivity contribution < 1.29 is 22.5 Å². The third-order valence-electron chi connectivity index (χ3n) is 5.57. The van der Waals surface area contributed by atoms with Gasteiger partial charge >= 0.3 is 6.18 Å². The molecule has 1 amide bonds. The topological polar surface area (TPSA) is 89.9 Å². The first kappa shape index (κ1) is 20.3. The molecule has 160 valence electrons. The maximum atomic E-state index is 13.6. The molecule has 1 saturated heterocycles. The van der Waals surface area contributed by atoms with Crippen LogP contribution < -0.4 is 0 Å². The predicted octanol–water partition coefficient (Wildman–Crippen LogP) is 3.50. The van der Waals surface area contributed by atoms with Gasteiger partial charge in [-0.15, -0.1) is 0 Å². The second-order valence-corrected chi connectivity index (χ2v) is 7.62. The van der Waals surface area contributed by atoms with E-state index in [2.05, 4.69) is 20.2 Å². The molecule has 0 N–H and O–H groups in total. The van der Waals surface area contributed by atoms with Crippen molar-refractivity contribution in [1.29, 1.82) is 0 Å². The molecule has 0 radical (unpaired) electrons. The lowest BCUT2D eigenvalue weighted by molar-refractivity contribution is -0.136. The molecule has 0 aliphatic carbocycles. The minimum absolute atomic E-state index is 0.0123. The summed E-state index contributed by atoms with van der Waals surface area (Å²) in [6, 6.07) is 0.979. The average molecular weight is 422 g/mol. The van der Waals surface area contributed by atoms with E-state index in [4.69, 9.17) is 4.52 Å². The molecule has 4 rings (SSSR count). The quantitative estimate of drug-likeness (QED) is 0.639. The number of piperidine rings is 1. The average Bonchev–Trinajstić information content (AvgIpc) is 3.37. The van der Waals surface area contributed by atoms with Crippen molar-refractivity contribution in [3.8, 4) is 0 Å². The van der Waals surface area contributed by atoms with Crippen molar-refractivity contribution in [2.45, 2.75) is 51.2 Å². The maximum Gasteiger partial charge on any atom is 0.417 e. The number of rotatable bonds is 4. The van der Waals surface area contributed by atoms with Gasteiger partial charge in [0.25, 0.3) is 5.71 Å². The molecule has 3 aromatic heterocycles. The number of carbonyl (C=O) groups excluding carboxylic acids is 1. The van der Waals surface area contributed by atoms with Crippen LogP contribution in [0.1, 0.15) is 55.1 Å². The third kappa shape index (κ3) is 3.88. The Labute approximate surface area is 170 Å². The Kier molecular flexibility index (Phi) is 5.20. The monoisotopic (exact) mass is 422 g/mol. The number of alkyl halides is 3. The molecular formula is C19H21F3N6O2. The highest BCUT2D eigenvalue weighted by atomic mass is 19.4. The molecular weight excluding hydrogens is 401 g/mol. The fourth-order valence-electron chi connectivity index (χ4n) is 3.89. The van der Waals surface area contributed by atoms with E-state index >= 15 is 0 Å². The first-order valence-corrected chi connectivity index (χ1v) is 9.70. The Bertz CT molecular complexity index is 1040. The number of fused-ring (bicyclic) bond motifs is 1. The normalized spacial score (nSPS) is 16.9. The van der Waals surface area contributed by atoms with Crippen LogP contribution >= 0.6 is 0 Å². The van der Waals surface area contributed by atoms with Crippen molar-refractivity contribution >= 4 is 17.0 Å². The van der Waals surface area contributed by atoms with Crippen LogP contribution in [0, 0.1) is 6.92 Å². The first-order valence-electron chi connectivity index (χ1n) is 9.70. The minimum Gasteiger partial charge on any atom is -0.343 e. The van der Waals surface area contributed by atoms with E-state index in [0.29, 0.717) is 31.6 Å². The molecule has 3 aromatic rings. The lowest BCUT2D eigenvalue weighted by Crippen LogP contribution is -2.38. The lowest BCUT2D eigenvalue weighted by atomic mass is 9.91. The van der Waals surface area contributed by atoms with Crippen LogP contribution in [0.25, 0.3) is 11.1 Å². The Hall–Kier alpha value is -2.98. The molecule has 1 aliphatic rings. The van der Waals surface area contributed by atoms with Gasteiger partial charge in [0.2, 0.25) is 5.91 Å². The summed E-state index contributed by atoms with van der Waals surface area (Å²) < 4.78 is 47.3. The molecule has 0 spiro atoms. The van der Waals surface area contributed by atoms with Gasteiger partial charge in [0.1, 0.15) is 12.7 Å². The Morgan fingerprint density at radius 1 is 1.33 bits per heavy atom. The number of carbonyl (C=O) groups is 1. The number of nitrogens with zero attached hydrogens (tertiary/aromatic N) is 6. The number of likely N-dealkylation sites (tertiary alicyclic amines) is 1. The first-order chi connectivity index (χ1) is 14.2. The summed E-state index contributed by atoms with van der Waals surface area (Å²) in [7, 11) is 0. The van der Waals surface area contributed by atoms with Crippen LogP contribution in [0.2, 0.25) is 0 Å². The van der Waals surface area contributed by atoms with Gasteiger partial charge in [0.05, 0.1) is 22.7 Å². The molecule has 0 unspecified atom stereocenters. The summed E-state index contributed by atoms with van der Waals surface area (Å²) in [5, 5.41) is 7.58. The second kappa shape index (κ2) is 7.69. The number of hydrogen-bond donors (Lipinski definition) is 0. The summed E-state index contributed by atoms with van der Waals surface area (Å²) in [5.74, 6) is -0.195. The zero-order valence-electron chi connectivity index (χ0n) is 16.6. The van der Waals surface area contributed by atoms with Crippen molar-refractivity contribution in [3.63, 3.8) is 0 Å². The molecule has 30 heavy (non-hydrogen) atoms. The van der Waals surface area contributed by atoms with Gasteiger partial charge in [-0.1, -0.05) is 5.16 Å². The number of aromatic nitrogens is 5. The summed E-state index contributed by atoms with van der Waals surface area (Å²) in [6.45, 7) is 4.28. The van der Waals surface area contributed by atoms with E-state index in [1.54, 1.807) is 15.9 Å². The third-order valence-corrected chi connectivity index (χ3v) is 5.57. The standard InChI is InChI=1S/C19H21F3N6O2/c1-11(28-10-23-9-24-28)7-16(29)27-5-3-13(4-6-27)15-8-14(19(20,21)22)17-12(2)26-30-18(17)25-15/h8-11,13H,3-7H2,1-2H3/t11-/m0/s1. The fourth-order valence-corrected chi connectivity index (χ4v) is 3.89. The fraction of sp³-hybridized carbons (Fsp3) is 0.526. The van der Waals surface area contributed by atoms with Gasteiger partial charge in [0, 0.05) is 31.1 Å². The summed E-state index contributed by atoms with van der Waals surface area (Å²) >= 11 is 0. The van der Waals surface area contributed by atoms with Gasteiger partial charge < -0.3 is 9.42 Å². The van der Waals surface area contributed by atoms with Crippen molar-refractivity contribution in [2.24, 2.45) is 0 Å². The van der Waals surface area contributed by atoms with Crippen molar-refractivity contribution in [1.82, 2.24) is 29.8 Å². The van der Waals surface area contributed by atoms with Crippen molar-refractivity contribution in [2.75, 3.05) is 13.1 Å². The van der Waals surface area contributed by atoms with E-state index in [1.807, 2.05) is 6.92 Å². The highest BCUT2D eigenvalue weighted by Gasteiger charge is 2.37. The molecule has 0 saturated carbocycles. The maximum absolute atomic E-state index is 13.6. The van der Waals surface area contributed by atoms with Crippen LogP contribution in [0.5, 0.6) is 0 Å². The smallest absolute Gasteiger partial charge is 0.343 e. The number of aryl methyl sites for hydroxylation is 1. The number of amides is 1. The van der Waals surface area contributed by atoms with Crippen molar-refractivity contribution in [3.05, 3.63) is 35.7 Å².